The summed E-state index contributed by atoms with van der Waals surface area (Å²) in [5.74, 6) is 0. The number of hydrogen-bond acceptors (Lipinski definition) is 2. The number of aromatic nitrogens is 1. The van der Waals surface area contributed by atoms with Crippen LogP contribution in [0.15, 0.2) is 88.8 Å². The molecule has 0 bridgehead atoms. The molecule has 1 aliphatic rings. The van der Waals surface area contributed by atoms with Crippen molar-refractivity contribution in [1.82, 2.24) is 4.98 Å². The second-order valence-corrected chi connectivity index (χ2v) is 8.11. The van der Waals surface area contributed by atoms with Crippen LogP contribution < -0.4 is 0 Å². The number of hydrogen-bond donors (Lipinski definition) is 0. The van der Waals surface area contributed by atoms with E-state index in [4.69, 9.17) is 0 Å². The fourth-order valence-electron chi connectivity index (χ4n) is 3.76. The lowest BCUT2D eigenvalue weighted by Crippen LogP contribution is -1.91. The second-order valence-electron chi connectivity index (χ2n) is 7.03. The fraction of sp³-hybridized carbons (Fsp3) is 0.0800. The molecule has 0 fully saturated rings. The standard InChI is InChI=1S/C25H19NS/c1-16-10-12-22(26-15-16)18-11-13-24-21(14-18)25-17(2)6-5-8-20(25)19-7-3-4-9-23(19)27-24/h3-15H,1-2H3. The van der Waals surface area contributed by atoms with Crippen LogP contribution in [0.1, 0.15) is 11.1 Å². The molecule has 4 aromatic rings. The third kappa shape index (κ3) is 2.77. The van der Waals surface area contributed by atoms with Crippen molar-refractivity contribution in [2.24, 2.45) is 0 Å². The predicted octanol–water partition coefficient (Wildman–Crippen LogP) is 7.16. The molecule has 0 saturated heterocycles. The fourth-order valence-corrected chi connectivity index (χ4v) is 4.84. The molecule has 0 unspecified atom stereocenters. The van der Waals surface area contributed by atoms with Gasteiger partial charge in [0.2, 0.25) is 0 Å². The number of nitrogens with zero attached hydrogens (tertiary/aromatic N) is 1. The van der Waals surface area contributed by atoms with Gasteiger partial charge in [-0.2, -0.15) is 0 Å². The van der Waals surface area contributed by atoms with Gasteiger partial charge in [0.05, 0.1) is 5.69 Å². The summed E-state index contributed by atoms with van der Waals surface area (Å²) in [6, 6.07) is 26.3. The van der Waals surface area contributed by atoms with Gasteiger partial charge in [-0.05, 0) is 71.5 Å². The molecular formula is C25H19NS. The van der Waals surface area contributed by atoms with Crippen LogP contribution in [0.4, 0.5) is 0 Å². The number of rotatable bonds is 1. The summed E-state index contributed by atoms with van der Waals surface area (Å²) in [4.78, 5) is 7.24. The van der Waals surface area contributed by atoms with Crippen molar-refractivity contribution in [3.05, 3.63) is 90.1 Å². The van der Waals surface area contributed by atoms with Crippen molar-refractivity contribution in [3.63, 3.8) is 0 Å². The number of fused-ring (bicyclic) bond motifs is 5. The van der Waals surface area contributed by atoms with E-state index in [1.165, 1.54) is 43.2 Å². The highest BCUT2D eigenvalue weighted by Crippen LogP contribution is 2.49. The Balaban J connectivity index is 1.79. The smallest absolute Gasteiger partial charge is 0.0702 e. The Hall–Kier alpha value is -2.84. The van der Waals surface area contributed by atoms with Crippen molar-refractivity contribution >= 4 is 11.8 Å². The minimum absolute atomic E-state index is 1.02. The van der Waals surface area contributed by atoms with Gasteiger partial charge in [0, 0.05) is 21.6 Å². The van der Waals surface area contributed by atoms with Gasteiger partial charge in [0.1, 0.15) is 0 Å². The van der Waals surface area contributed by atoms with Gasteiger partial charge in [-0.1, -0.05) is 60.3 Å². The van der Waals surface area contributed by atoms with Crippen LogP contribution in [-0.4, -0.2) is 4.98 Å². The van der Waals surface area contributed by atoms with E-state index in [9.17, 15) is 0 Å². The second kappa shape index (κ2) is 6.40. The molecule has 1 nitrogen and oxygen atoms in total. The molecule has 0 spiro atoms. The third-order valence-electron chi connectivity index (χ3n) is 5.13. The summed E-state index contributed by atoms with van der Waals surface area (Å²) in [5, 5.41) is 0. The molecule has 0 radical (unpaired) electrons. The molecule has 0 atom stereocenters. The molecule has 0 N–H and O–H groups in total. The first kappa shape index (κ1) is 16.3. The lowest BCUT2D eigenvalue weighted by Gasteiger charge is -2.14. The number of aryl methyl sites for hydroxylation is 2. The zero-order valence-electron chi connectivity index (χ0n) is 15.4. The Morgan fingerprint density at radius 1 is 0.704 bits per heavy atom. The molecule has 2 heteroatoms. The van der Waals surface area contributed by atoms with E-state index in [0.717, 1.165) is 11.3 Å². The molecule has 5 rings (SSSR count). The molecule has 0 amide bonds. The predicted molar refractivity (Wildman–Crippen MR) is 114 cm³/mol. The maximum Gasteiger partial charge on any atom is 0.0702 e. The molecule has 1 aliphatic heterocycles. The molecule has 130 valence electrons. The summed E-state index contributed by atoms with van der Waals surface area (Å²) in [6.45, 7) is 4.28. The summed E-state index contributed by atoms with van der Waals surface area (Å²) in [6.07, 6.45) is 1.94. The third-order valence-corrected chi connectivity index (χ3v) is 6.28. The monoisotopic (exact) mass is 365 g/mol. The van der Waals surface area contributed by atoms with Gasteiger partial charge in [0.25, 0.3) is 0 Å². The van der Waals surface area contributed by atoms with E-state index >= 15 is 0 Å². The lowest BCUT2D eigenvalue weighted by atomic mass is 9.90. The molecule has 2 heterocycles. The van der Waals surface area contributed by atoms with Crippen molar-refractivity contribution in [2.45, 2.75) is 23.6 Å². The largest absolute Gasteiger partial charge is 0.256 e. The molecule has 27 heavy (non-hydrogen) atoms. The van der Waals surface area contributed by atoms with Gasteiger partial charge in [-0.15, -0.1) is 0 Å². The first-order chi connectivity index (χ1) is 13.2. The van der Waals surface area contributed by atoms with Crippen LogP contribution in [0.5, 0.6) is 0 Å². The van der Waals surface area contributed by atoms with Gasteiger partial charge in [-0.3, -0.25) is 4.98 Å². The maximum atomic E-state index is 4.63. The molecular weight excluding hydrogens is 346 g/mol. The molecule has 3 aromatic carbocycles. The lowest BCUT2D eigenvalue weighted by molar-refractivity contribution is 1.27. The van der Waals surface area contributed by atoms with Crippen LogP contribution in [-0.2, 0) is 0 Å². The van der Waals surface area contributed by atoms with Crippen LogP contribution in [0, 0.1) is 13.8 Å². The highest BCUT2D eigenvalue weighted by atomic mass is 32.2. The summed E-state index contributed by atoms with van der Waals surface area (Å²) >= 11 is 1.85. The quantitative estimate of drug-likeness (QED) is 0.312. The van der Waals surface area contributed by atoms with Crippen molar-refractivity contribution in [1.29, 1.82) is 0 Å². The van der Waals surface area contributed by atoms with Crippen molar-refractivity contribution < 1.29 is 0 Å². The summed E-state index contributed by atoms with van der Waals surface area (Å²) < 4.78 is 0. The minimum Gasteiger partial charge on any atom is -0.256 e. The Labute approximate surface area is 164 Å². The SMILES string of the molecule is Cc1ccc(-c2ccc3c(c2)-c2c(C)cccc2-c2ccccc2S3)nc1. The maximum absolute atomic E-state index is 4.63. The van der Waals surface area contributed by atoms with Gasteiger partial charge in [0.15, 0.2) is 0 Å². The first-order valence-electron chi connectivity index (χ1n) is 9.15. The van der Waals surface area contributed by atoms with Crippen LogP contribution >= 0.6 is 11.8 Å². The van der Waals surface area contributed by atoms with E-state index in [0.29, 0.717) is 0 Å². The van der Waals surface area contributed by atoms with Crippen LogP contribution in [0.3, 0.4) is 0 Å². The van der Waals surface area contributed by atoms with E-state index in [2.05, 4.69) is 91.6 Å². The number of benzene rings is 3. The zero-order valence-corrected chi connectivity index (χ0v) is 16.2. The van der Waals surface area contributed by atoms with E-state index in [1.54, 1.807) is 0 Å². The Kier molecular flexibility index (Phi) is 3.87. The molecule has 0 saturated carbocycles. The first-order valence-corrected chi connectivity index (χ1v) is 9.97. The van der Waals surface area contributed by atoms with E-state index in [-0.39, 0.29) is 0 Å². The van der Waals surface area contributed by atoms with Crippen LogP contribution in [0.25, 0.3) is 33.5 Å². The Morgan fingerprint density at radius 2 is 1.52 bits per heavy atom. The van der Waals surface area contributed by atoms with Gasteiger partial charge < -0.3 is 0 Å². The van der Waals surface area contributed by atoms with E-state index in [1.807, 2.05) is 18.0 Å². The van der Waals surface area contributed by atoms with E-state index < -0.39 is 0 Å². The Morgan fingerprint density at radius 3 is 2.37 bits per heavy atom. The summed E-state index contributed by atoms with van der Waals surface area (Å²) in [5.41, 5.74) is 9.92. The average molecular weight is 366 g/mol. The van der Waals surface area contributed by atoms with Gasteiger partial charge >= 0.3 is 0 Å². The molecule has 1 aromatic heterocycles. The van der Waals surface area contributed by atoms with Crippen LogP contribution in [0.2, 0.25) is 0 Å². The topological polar surface area (TPSA) is 12.9 Å². The highest BCUT2D eigenvalue weighted by Gasteiger charge is 2.21. The van der Waals surface area contributed by atoms with Crippen molar-refractivity contribution in [2.75, 3.05) is 0 Å². The Bertz CT molecular complexity index is 1160. The van der Waals surface area contributed by atoms with Gasteiger partial charge in [-0.25, -0.2) is 0 Å². The molecule has 0 aliphatic carbocycles. The normalized spacial score (nSPS) is 11.9. The average Bonchev–Trinajstić information content (AvgIpc) is 2.83. The minimum atomic E-state index is 1.02. The zero-order chi connectivity index (χ0) is 18.4. The number of pyridine rings is 1. The highest BCUT2D eigenvalue weighted by molar-refractivity contribution is 7.99. The van der Waals surface area contributed by atoms with Crippen molar-refractivity contribution in [3.8, 4) is 33.5 Å². The summed E-state index contributed by atoms with van der Waals surface area (Å²) in [7, 11) is 0.